The second-order valence-corrected chi connectivity index (χ2v) is 8.58. The number of carbonyl (C=O) groups is 1. The fourth-order valence-electron chi connectivity index (χ4n) is 4.74. The normalized spacial score (nSPS) is 15.3. The molecule has 1 aliphatic rings. The zero-order valence-corrected chi connectivity index (χ0v) is 18.9. The first-order valence-electron chi connectivity index (χ1n) is 11.8. The van der Waals surface area contributed by atoms with E-state index in [1.807, 2.05) is 6.07 Å². The molecule has 166 valence electrons. The number of nitrogens with zero attached hydrogens (tertiary/aromatic N) is 4. The minimum Gasteiger partial charge on any atom is -0.355 e. The maximum absolute atomic E-state index is 12.7. The van der Waals surface area contributed by atoms with Crippen LogP contribution >= 0.6 is 0 Å². The van der Waals surface area contributed by atoms with Crippen LogP contribution in [0.1, 0.15) is 39.5 Å². The molecule has 3 aromatic rings. The summed E-state index contributed by atoms with van der Waals surface area (Å²) in [5.74, 6) is 1.34. The van der Waals surface area contributed by atoms with E-state index in [0.717, 1.165) is 87.3 Å². The molecular formula is C25H35N5O. The molecule has 1 aromatic carbocycles. The number of rotatable bonds is 9. The Hall–Kier alpha value is -2.60. The number of hydrogen-bond acceptors (Lipinski definition) is 4. The predicted molar refractivity (Wildman–Crippen MR) is 128 cm³/mol. The topological polar surface area (TPSA) is 52.9 Å². The molecule has 0 saturated carbocycles. The Morgan fingerprint density at radius 3 is 2.48 bits per heavy atom. The minimum atomic E-state index is 0.102. The van der Waals surface area contributed by atoms with Crippen LogP contribution in [-0.4, -0.2) is 59.5 Å². The van der Waals surface area contributed by atoms with Gasteiger partial charge < -0.3 is 19.5 Å². The van der Waals surface area contributed by atoms with Crippen LogP contribution in [0.15, 0.2) is 42.6 Å². The second kappa shape index (κ2) is 10.1. The van der Waals surface area contributed by atoms with Gasteiger partial charge in [0.1, 0.15) is 0 Å². The highest BCUT2D eigenvalue weighted by atomic mass is 16.1. The van der Waals surface area contributed by atoms with Crippen molar-refractivity contribution in [3.05, 3.63) is 42.6 Å². The van der Waals surface area contributed by atoms with Crippen LogP contribution in [0, 0.1) is 5.92 Å². The number of amides is 1. The summed E-state index contributed by atoms with van der Waals surface area (Å²) >= 11 is 0. The van der Waals surface area contributed by atoms with Crippen molar-refractivity contribution in [3.63, 3.8) is 0 Å². The first-order valence-corrected chi connectivity index (χ1v) is 11.8. The van der Waals surface area contributed by atoms with Crippen molar-refractivity contribution < 1.29 is 4.79 Å². The van der Waals surface area contributed by atoms with Crippen LogP contribution in [-0.2, 0) is 4.79 Å². The van der Waals surface area contributed by atoms with Crippen LogP contribution in [0.5, 0.6) is 0 Å². The number of benzene rings is 1. The number of hydrogen-bond donors (Lipinski definition) is 1. The molecule has 0 atom stereocenters. The van der Waals surface area contributed by atoms with Crippen molar-refractivity contribution in [2.45, 2.75) is 39.5 Å². The van der Waals surface area contributed by atoms with Gasteiger partial charge >= 0.3 is 0 Å². The molecule has 0 radical (unpaired) electrons. The first-order chi connectivity index (χ1) is 15.2. The summed E-state index contributed by atoms with van der Waals surface area (Å²) in [5, 5.41) is 3.19. The summed E-state index contributed by atoms with van der Waals surface area (Å²) in [6.45, 7) is 10.0. The van der Waals surface area contributed by atoms with Crippen molar-refractivity contribution in [2.75, 3.05) is 44.2 Å². The summed E-state index contributed by atoms with van der Waals surface area (Å²) < 4.78 is 2.22. The molecule has 1 aliphatic heterocycles. The third-order valence-corrected chi connectivity index (χ3v) is 6.32. The standard InChI is InChI=1S/C25H35N5O/c1-3-14-28(15-4-2)19-13-26-25(31)20-11-17-29(18-12-20)24-23-10-7-16-30(23)22-9-6-5-8-21(22)27-24/h5-10,16,20H,3-4,11-15,17-19H2,1-2H3,(H,26,31). The van der Waals surface area contributed by atoms with Gasteiger partial charge in [0, 0.05) is 38.3 Å². The van der Waals surface area contributed by atoms with Crippen LogP contribution in [0.3, 0.4) is 0 Å². The van der Waals surface area contributed by atoms with Gasteiger partial charge in [-0.25, -0.2) is 4.98 Å². The molecule has 0 bridgehead atoms. The molecule has 0 unspecified atom stereocenters. The Labute approximate surface area is 185 Å². The molecule has 0 aliphatic carbocycles. The molecule has 31 heavy (non-hydrogen) atoms. The van der Waals surface area contributed by atoms with Gasteiger partial charge in [0.2, 0.25) is 5.91 Å². The molecule has 1 amide bonds. The number of para-hydroxylation sites is 2. The monoisotopic (exact) mass is 421 g/mol. The fourth-order valence-corrected chi connectivity index (χ4v) is 4.74. The van der Waals surface area contributed by atoms with Crippen LogP contribution in [0.4, 0.5) is 5.82 Å². The van der Waals surface area contributed by atoms with E-state index < -0.39 is 0 Å². The molecule has 6 heteroatoms. The molecule has 1 saturated heterocycles. The van der Waals surface area contributed by atoms with Crippen molar-refractivity contribution in [1.82, 2.24) is 19.6 Å². The summed E-state index contributed by atoms with van der Waals surface area (Å²) in [6.07, 6.45) is 6.17. The van der Waals surface area contributed by atoms with Gasteiger partial charge in [-0.3, -0.25) is 4.79 Å². The van der Waals surface area contributed by atoms with Crippen molar-refractivity contribution in [1.29, 1.82) is 0 Å². The van der Waals surface area contributed by atoms with Crippen LogP contribution in [0.2, 0.25) is 0 Å². The van der Waals surface area contributed by atoms with E-state index in [-0.39, 0.29) is 11.8 Å². The molecule has 4 rings (SSSR count). The van der Waals surface area contributed by atoms with Gasteiger partial charge in [0.05, 0.1) is 16.6 Å². The van der Waals surface area contributed by atoms with Crippen molar-refractivity contribution in [3.8, 4) is 0 Å². The highest BCUT2D eigenvalue weighted by molar-refractivity contribution is 5.85. The molecule has 2 aromatic heterocycles. The van der Waals surface area contributed by atoms with Crippen LogP contribution < -0.4 is 10.2 Å². The molecule has 0 spiro atoms. The fraction of sp³-hybridized carbons (Fsp3) is 0.520. The quantitative estimate of drug-likeness (QED) is 0.569. The first kappa shape index (κ1) is 21.6. The highest BCUT2D eigenvalue weighted by Gasteiger charge is 2.26. The Morgan fingerprint density at radius 2 is 1.74 bits per heavy atom. The van der Waals surface area contributed by atoms with E-state index in [1.54, 1.807) is 0 Å². The maximum atomic E-state index is 12.7. The van der Waals surface area contributed by atoms with E-state index in [1.165, 1.54) is 0 Å². The Kier molecular flexibility index (Phi) is 7.07. The Balaban J connectivity index is 1.35. The van der Waals surface area contributed by atoms with Crippen molar-refractivity contribution in [2.24, 2.45) is 5.92 Å². The molecular weight excluding hydrogens is 386 g/mol. The predicted octanol–water partition coefficient (Wildman–Crippen LogP) is 3.94. The highest BCUT2D eigenvalue weighted by Crippen LogP contribution is 2.28. The number of nitrogens with one attached hydrogen (secondary N) is 1. The number of piperidine rings is 1. The lowest BCUT2D eigenvalue weighted by molar-refractivity contribution is -0.125. The molecule has 1 N–H and O–H groups in total. The number of aromatic nitrogens is 2. The number of carbonyl (C=O) groups excluding carboxylic acids is 1. The summed E-state index contributed by atoms with van der Waals surface area (Å²) in [7, 11) is 0. The van der Waals surface area contributed by atoms with E-state index in [9.17, 15) is 4.79 Å². The van der Waals surface area contributed by atoms with E-state index in [4.69, 9.17) is 4.98 Å². The van der Waals surface area contributed by atoms with E-state index >= 15 is 0 Å². The Bertz CT molecular complexity index is 999. The summed E-state index contributed by atoms with van der Waals surface area (Å²) in [6, 6.07) is 12.5. The van der Waals surface area contributed by atoms with Gasteiger partial charge in [0.25, 0.3) is 0 Å². The lowest BCUT2D eigenvalue weighted by Gasteiger charge is -2.33. The largest absolute Gasteiger partial charge is 0.355 e. The number of fused-ring (bicyclic) bond motifs is 3. The number of anilines is 1. The van der Waals surface area contributed by atoms with E-state index in [2.05, 4.69) is 69.9 Å². The molecule has 3 heterocycles. The average molecular weight is 422 g/mol. The van der Waals surface area contributed by atoms with Crippen LogP contribution in [0.25, 0.3) is 16.6 Å². The third-order valence-electron chi connectivity index (χ3n) is 6.32. The molecule has 6 nitrogen and oxygen atoms in total. The lowest BCUT2D eigenvalue weighted by atomic mass is 9.96. The second-order valence-electron chi connectivity index (χ2n) is 8.58. The zero-order valence-electron chi connectivity index (χ0n) is 18.9. The summed E-state index contributed by atoms with van der Waals surface area (Å²) in [4.78, 5) is 22.5. The van der Waals surface area contributed by atoms with Gasteiger partial charge in [-0.1, -0.05) is 26.0 Å². The lowest BCUT2D eigenvalue weighted by Crippen LogP contribution is -2.43. The van der Waals surface area contributed by atoms with Gasteiger partial charge in [-0.05, 0) is 63.0 Å². The Morgan fingerprint density at radius 1 is 1.03 bits per heavy atom. The maximum Gasteiger partial charge on any atom is 0.223 e. The summed E-state index contributed by atoms with van der Waals surface area (Å²) in [5.41, 5.74) is 3.26. The minimum absolute atomic E-state index is 0.102. The van der Waals surface area contributed by atoms with E-state index in [0.29, 0.717) is 0 Å². The van der Waals surface area contributed by atoms with Gasteiger partial charge in [-0.15, -0.1) is 0 Å². The van der Waals surface area contributed by atoms with Gasteiger partial charge in [-0.2, -0.15) is 0 Å². The third kappa shape index (κ3) is 4.85. The molecule has 1 fully saturated rings. The smallest absolute Gasteiger partial charge is 0.223 e. The SMILES string of the molecule is CCCN(CCC)CCNC(=O)C1CCN(c2nc3ccccc3n3cccc23)CC1. The van der Waals surface area contributed by atoms with Gasteiger partial charge in [0.15, 0.2) is 5.82 Å². The zero-order chi connectivity index (χ0) is 21.6. The average Bonchev–Trinajstić information content (AvgIpc) is 3.29. The van der Waals surface area contributed by atoms with Crippen molar-refractivity contribution >= 4 is 28.3 Å².